The largest absolute Gasteiger partial charge is 0.465 e. The lowest BCUT2D eigenvalue weighted by Gasteiger charge is -2.26. The molecule has 112 valence electrons. The lowest BCUT2D eigenvalue weighted by Crippen LogP contribution is -2.48. The average molecular weight is 271 g/mol. The van der Waals surface area contributed by atoms with Crippen molar-refractivity contribution in [3.8, 4) is 0 Å². The summed E-state index contributed by atoms with van der Waals surface area (Å²) >= 11 is 0. The lowest BCUT2D eigenvalue weighted by atomic mass is 9.95. The van der Waals surface area contributed by atoms with E-state index in [-0.39, 0.29) is 5.97 Å². The normalized spacial score (nSPS) is 19.3. The molecule has 0 bridgehead atoms. The fourth-order valence-corrected chi connectivity index (χ4v) is 2.51. The van der Waals surface area contributed by atoms with Gasteiger partial charge in [-0.25, -0.2) is 0 Å². The Balaban J connectivity index is 2.15. The third kappa shape index (κ3) is 5.49. The number of carbonyl (C=O) groups excluding carboxylic acids is 1. The molecule has 4 nitrogen and oxygen atoms in total. The number of hydrogen-bond donors (Lipinski definition) is 1. The van der Waals surface area contributed by atoms with Crippen LogP contribution in [0.1, 0.15) is 58.8 Å². The van der Waals surface area contributed by atoms with Crippen molar-refractivity contribution in [2.45, 2.75) is 70.4 Å². The molecule has 19 heavy (non-hydrogen) atoms. The van der Waals surface area contributed by atoms with Crippen LogP contribution in [-0.4, -0.2) is 37.9 Å². The van der Waals surface area contributed by atoms with E-state index in [1.54, 1.807) is 0 Å². The molecule has 1 N–H and O–H groups in total. The molecule has 1 saturated carbocycles. The van der Waals surface area contributed by atoms with E-state index in [1.165, 1.54) is 25.7 Å². The second-order valence-electron chi connectivity index (χ2n) is 5.54. The first-order valence-electron chi connectivity index (χ1n) is 7.60. The van der Waals surface area contributed by atoms with E-state index in [0.717, 1.165) is 25.9 Å². The molecule has 0 aromatic carbocycles. The molecule has 1 aliphatic rings. The van der Waals surface area contributed by atoms with E-state index in [9.17, 15) is 4.79 Å². The van der Waals surface area contributed by atoms with Crippen LogP contribution in [-0.2, 0) is 14.3 Å². The molecule has 0 aromatic rings. The van der Waals surface area contributed by atoms with Gasteiger partial charge in [0.1, 0.15) is 5.54 Å². The average Bonchev–Trinajstić information content (AvgIpc) is 2.91. The summed E-state index contributed by atoms with van der Waals surface area (Å²) in [6.45, 7) is 4.99. The van der Waals surface area contributed by atoms with E-state index in [2.05, 4.69) is 5.32 Å². The maximum Gasteiger partial charge on any atom is 0.326 e. The minimum Gasteiger partial charge on any atom is -0.465 e. The SMILES string of the molecule is CCOC(=O)C(C)(CCCCOC1CCCC1)NC. The van der Waals surface area contributed by atoms with Gasteiger partial charge in [-0.1, -0.05) is 12.8 Å². The van der Waals surface area contributed by atoms with Gasteiger partial charge in [-0.3, -0.25) is 4.79 Å². The number of likely N-dealkylation sites (N-methyl/N-ethyl adjacent to an activating group) is 1. The number of carbonyl (C=O) groups is 1. The van der Waals surface area contributed by atoms with E-state index >= 15 is 0 Å². The fraction of sp³-hybridized carbons (Fsp3) is 0.933. The highest BCUT2D eigenvalue weighted by molar-refractivity contribution is 5.80. The number of hydrogen-bond acceptors (Lipinski definition) is 4. The second-order valence-corrected chi connectivity index (χ2v) is 5.54. The molecule has 1 rings (SSSR count). The molecule has 0 saturated heterocycles. The Morgan fingerprint density at radius 2 is 2.00 bits per heavy atom. The van der Waals surface area contributed by atoms with E-state index < -0.39 is 5.54 Å². The van der Waals surface area contributed by atoms with Gasteiger partial charge in [0.25, 0.3) is 0 Å². The Hall–Kier alpha value is -0.610. The van der Waals surface area contributed by atoms with Gasteiger partial charge < -0.3 is 14.8 Å². The van der Waals surface area contributed by atoms with Crippen molar-refractivity contribution >= 4 is 5.97 Å². The molecule has 1 fully saturated rings. The van der Waals surface area contributed by atoms with Gasteiger partial charge in [-0.15, -0.1) is 0 Å². The Labute approximate surface area is 117 Å². The maximum atomic E-state index is 11.9. The summed E-state index contributed by atoms with van der Waals surface area (Å²) in [6.07, 6.45) is 8.32. The van der Waals surface area contributed by atoms with Gasteiger partial charge in [0.15, 0.2) is 0 Å². The van der Waals surface area contributed by atoms with Crippen LogP contribution in [0, 0.1) is 0 Å². The molecular formula is C15H29NO3. The van der Waals surface area contributed by atoms with Crippen LogP contribution < -0.4 is 5.32 Å². The smallest absolute Gasteiger partial charge is 0.326 e. The molecule has 1 unspecified atom stereocenters. The van der Waals surface area contributed by atoms with Crippen LogP contribution >= 0.6 is 0 Å². The third-order valence-corrected chi connectivity index (χ3v) is 4.00. The molecule has 0 heterocycles. The quantitative estimate of drug-likeness (QED) is 0.517. The van der Waals surface area contributed by atoms with Gasteiger partial charge in [-0.05, 0) is 53.0 Å². The molecule has 4 heteroatoms. The molecule has 0 aliphatic heterocycles. The monoisotopic (exact) mass is 271 g/mol. The summed E-state index contributed by atoms with van der Waals surface area (Å²) in [6, 6.07) is 0. The topological polar surface area (TPSA) is 47.6 Å². The molecule has 0 spiro atoms. The Morgan fingerprint density at radius 1 is 1.32 bits per heavy atom. The van der Waals surface area contributed by atoms with E-state index in [0.29, 0.717) is 12.7 Å². The lowest BCUT2D eigenvalue weighted by molar-refractivity contribution is -0.150. The van der Waals surface area contributed by atoms with Crippen molar-refractivity contribution < 1.29 is 14.3 Å². The first-order valence-corrected chi connectivity index (χ1v) is 7.60. The number of nitrogens with one attached hydrogen (secondary N) is 1. The van der Waals surface area contributed by atoms with Crippen LogP contribution in [0.25, 0.3) is 0 Å². The van der Waals surface area contributed by atoms with Crippen molar-refractivity contribution in [3.05, 3.63) is 0 Å². The highest BCUT2D eigenvalue weighted by Gasteiger charge is 2.32. The summed E-state index contributed by atoms with van der Waals surface area (Å²) < 4.78 is 10.9. The number of esters is 1. The molecule has 0 amide bonds. The van der Waals surface area contributed by atoms with E-state index in [1.807, 2.05) is 20.9 Å². The standard InChI is InChI=1S/C15H29NO3/c1-4-18-14(17)15(2,16-3)11-7-8-12-19-13-9-5-6-10-13/h13,16H,4-12H2,1-3H3. The predicted molar refractivity (Wildman–Crippen MR) is 76.2 cm³/mol. The summed E-state index contributed by atoms with van der Waals surface area (Å²) in [7, 11) is 1.81. The molecule has 0 radical (unpaired) electrons. The summed E-state index contributed by atoms with van der Waals surface area (Å²) in [4.78, 5) is 11.9. The highest BCUT2D eigenvalue weighted by Crippen LogP contribution is 2.21. The van der Waals surface area contributed by atoms with Crippen molar-refractivity contribution in [2.24, 2.45) is 0 Å². The predicted octanol–water partition coefficient (Wildman–Crippen LogP) is 2.66. The van der Waals surface area contributed by atoms with Gasteiger partial charge in [0, 0.05) is 6.61 Å². The first-order chi connectivity index (χ1) is 9.12. The number of ether oxygens (including phenoxy) is 2. The Kier molecular flexibility index (Phi) is 7.39. The van der Waals surface area contributed by atoms with Gasteiger partial charge >= 0.3 is 5.97 Å². The van der Waals surface area contributed by atoms with Crippen LogP contribution in [0.5, 0.6) is 0 Å². The Bertz CT molecular complexity index is 264. The Morgan fingerprint density at radius 3 is 2.58 bits per heavy atom. The zero-order valence-corrected chi connectivity index (χ0v) is 12.7. The maximum absolute atomic E-state index is 11.9. The molecular weight excluding hydrogens is 242 g/mol. The zero-order valence-electron chi connectivity index (χ0n) is 12.7. The summed E-state index contributed by atoms with van der Waals surface area (Å²) in [5.74, 6) is -0.158. The summed E-state index contributed by atoms with van der Waals surface area (Å²) in [5, 5.41) is 3.08. The summed E-state index contributed by atoms with van der Waals surface area (Å²) in [5.41, 5.74) is -0.566. The van der Waals surface area contributed by atoms with E-state index in [4.69, 9.17) is 9.47 Å². The van der Waals surface area contributed by atoms with Crippen LogP contribution in [0.2, 0.25) is 0 Å². The van der Waals surface area contributed by atoms with Crippen LogP contribution in [0.3, 0.4) is 0 Å². The van der Waals surface area contributed by atoms with Gasteiger partial charge in [0.05, 0.1) is 12.7 Å². The third-order valence-electron chi connectivity index (χ3n) is 4.00. The molecule has 1 aliphatic carbocycles. The van der Waals surface area contributed by atoms with Crippen molar-refractivity contribution in [1.82, 2.24) is 5.32 Å². The minimum absolute atomic E-state index is 0.158. The van der Waals surface area contributed by atoms with Crippen molar-refractivity contribution in [2.75, 3.05) is 20.3 Å². The fourth-order valence-electron chi connectivity index (χ4n) is 2.51. The van der Waals surface area contributed by atoms with Gasteiger partial charge in [0.2, 0.25) is 0 Å². The first kappa shape index (κ1) is 16.4. The second kappa shape index (κ2) is 8.54. The van der Waals surface area contributed by atoms with Crippen LogP contribution in [0.15, 0.2) is 0 Å². The molecule has 0 aromatic heterocycles. The highest BCUT2D eigenvalue weighted by atomic mass is 16.5. The van der Waals surface area contributed by atoms with Crippen molar-refractivity contribution in [3.63, 3.8) is 0 Å². The van der Waals surface area contributed by atoms with Crippen molar-refractivity contribution in [1.29, 1.82) is 0 Å². The minimum atomic E-state index is -0.566. The van der Waals surface area contributed by atoms with Gasteiger partial charge in [-0.2, -0.15) is 0 Å². The zero-order chi connectivity index (χ0) is 14.1. The molecule has 1 atom stereocenters. The van der Waals surface area contributed by atoms with Crippen LogP contribution in [0.4, 0.5) is 0 Å². The number of rotatable bonds is 9. The number of unbranched alkanes of at least 4 members (excludes halogenated alkanes) is 1.